The largest absolute Gasteiger partial charge is 0.454 e. The van der Waals surface area contributed by atoms with Crippen LogP contribution in [-0.4, -0.2) is 62.3 Å². The van der Waals surface area contributed by atoms with Gasteiger partial charge in [-0.05, 0) is 13.1 Å². The van der Waals surface area contributed by atoms with Gasteiger partial charge < -0.3 is 24.6 Å². The number of nitrogens with zero attached hydrogens (tertiary/aromatic N) is 2. The Morgan fingerprint density at radius 3 is 2.86 bits per heavy atom. The monoisotopic (exact) mass is 291 g/mol. The summed E-state index contributed by atoms with van der Waals surface area (Å²) in [7, 11) is 2.08. The second-order valence-corrected chi connectivity index (χ2v) is 5.44. The number of hydrogen-bond donors (Lipinski definition) is 1. The number of benzene rings is 1. The summed E-state index contributed by atoms with van der Waals surface area (Å²) in [4.78, 5) is 16.3. The van der Waals surface area contributed by atoms with Crippen molar-refractivity contribution in [1.82, 2.24) is 15.1 Å². The third-order valence-corrected chi connectivity index (χ3v) is 3.93. The molecule has 0 bridgehead atoms. The molecule has 3 rings (SSSR count). The van der Waals surface area contributed by atoms with Crippen LogP contribution in [0.5, 0.6) is 11.5 Å². The summed E-state index contributed by atoms with van der Waals surface area (Å²) in [5, 5.41) is 3.20. The van der Waals surface area contributed by atoms with Gasteiger partial charge in [0.25, 0.3) is 0 Å². The quantitative estimate of drug-likeness (QED) is 0.863. The maximum Gasteiger partial charge on any atom is 0.236 e. The smallest absolute Gasteiger partial charge is 0.236 e. The summed E-state index contributed by atoms with van der Waals surface area (Å²) in [6.45, 7) is 4.75. The van der Waals surface area contributed by atoms with Gasteiger partial charge in [-0.3, -0.25) is 4.79 Å². The Kier molecular flexibility index (Phi) is 4.26. The maximum atomic E-state index is 12.1. The lowest BCUT2D eigenvalue weighted by Crippen LogP contribution is -2.49. The Bertz CT molecular complexity index is 513. The van der Waals surface area contributed by atoms with Crippen molar-refractivity contribution in [2.24, 2.45) is 0 Å². The molecule has 0 saturated carbocycles. The molecule has 6 heteroatoms. The van der Waals surface area contributed by atoms with Crippen molar-refractivity contribution in [2.75, 3.05) is 46.6 Å². The Balaban J connectivity index is 1.48. The zero-order chi connectivity index (χ0) is 14.7. The van der Waals surface area contributed by atoms with E-state index in [0.717, 1.165) is 43.2 Å². The molecule has 1 N–H and O–H groups in total. The highest BCUT2D eigenvalue weighted by molar-refractivity contribution is 5.78. The summed E-state index contributed by atoms with van der Waals surface area (Å²) in [5.41, 5.74) is 1.02. The van der Waals surface area contributed by atoms with Crippen molar-refractivity contribution in [3.05, 3.63) is 23.8 Å². The molecule has 0 spiro atoms. The lowest BCUT2D eigenvalue weighted by molar-refractivity contribution is -0.131. The van der Waals surface area contributed by atoms with Crippen LogP contribution in [-0.2, 0) is 11.3 Å². The fourth-order valence-corrected chi connectivity index (χ4v) is 2.60. The standard InChI is InChI=1S/C15H21N3O3/c1-17-5-7-18(8-6-17)14(19)10-16-9-12-3-2-4-13-15(12)21-11-20-13/h2-4,16H,5-11H2,1H3. The first-order valence-electron chi connectivity index (χ1n) is 7.28. The predicted molar refractivity (Wildman–Crippen MR) is 78.3 cm³/mol. The zero-order valence-corrected chi connectivity index (χ0v) is 12.3. The van der Waals surface area contributed by atoms with E-state index >= 15 is 0 Å². The minimum absolute atomic E-state index is 0.160. The second-order valence-electron chi connectivity index (χ2n) is 5.44. The van der Waals surface area contributed by atoms with Crippen molar-refractivity contribution in [2.45, 2.75) is 6.54 Å². The molecule has 1 aromatic rings. The van der Waals surface area contributed by atoms with E-state index < -0.39 is 0 Å². The van der Waals surface area contributed by atoms with Gasteiger partial charge in [0, 0.05) is 38.3 Å². The Morgan fingerprint density at radius 2 is 2.05 bits per heavy atom. The normalized spacial score (nSPS) is 18.0. The fraction of sp³-hybridized carbons (Fsp3) is 0.533. The van der Waals surface area contributed by atoms with Gasteiger partial charge in [-0.25, -0.2) is 0 Å². The van der Waals surface area contributed by atoms with Crippen LogP contribution in [0.3, 0.4) is 0 Å². The van der Waals surface area contributed by atoms with E-state index in [1.54, 1.807) is 0 Å². The molecule has 2 heterocycles. The van der Waals surface area contributed by atoms with Gasteiger partial charge in [-0.2, -0.15) is 0 Å². The number of piperazine rings is 1. The highest BCUT2D eigenvalue weighted by atomic mass is 16.7. The molecule has 0 unspecified atom stereocenters. The average Bonchev–Trinajstić information content (AvgIpc) is 2.97. The minimum atomic E-state index is 0.160. The van der Waals surface area contributed by atoms with E-state index in [9.17, 15) is 4.79 Å². The summed E-state index contributed by atoms with van der Waals surface area (Å²) in [6, 6.07) is 5.81. The molecule has 2 aliphatic rings. The number of hydrogen-bond acceptors (Lipinski definition) is 5. The number of nitrogens with one attached hydrogen (secondary N) is 1. The number of likely N-dealkylation sites (N-methyl/N-ethyl adjacent to an activating group) is 1. The number of para-hydroxylation sites is 1. The fourth-order valence-electron chi connectivity index (χ4n) is 2.60. The first-order chi connectivity index (χ1) is 10.2. The number of rotatable bonds is 4. The first kappa shape index (κ1) is 14.2. The van der Waals surface area contributed by atoms with Crippen molar-refractivity contribution in [1.29, 1.82) is 0 Å². The molecule has 1 aromatic carbocycles. The van der Waals surface area contributed by atoms with Crippen LogP contribution in [0.1, 0.15) is 5.56 Å². The van der Waals surface area contributed by atoms with E-state index in [-0.39, 0.29) is 12.7 Å². The van der Waals surface area contributed by atoms with Crippen molar-refractivity contribution in [3.63, 3.8) is 0 Å². The molecule has 1 saturated heterocycles. The highest BCUT2D eigenvalue weighted by Gasteiger charge is 2.20. The van der Waals surface area contributed by atoms with Gasteiger partial charge in [-0.15, -0.1) is 0 Å². The molecule has 0 atom stereocenters. The molecule has 0 aromatic heterocycles. The summed E-state index contributed by atoms with van der Waals surface area (Å²) in [5.74, 6) is 1.73. The second kappa shape index (κ2) is 6.32. The van der Waals surface area contributed by atoms with Crippen LogP contribution in [0.4, 0.5) is 0 Å². The first-order valence-corrected chi connectivity index (χ1v) is 7.28. The SMILES string of the molecule is CN1CCN(C(=O)CNCc2cccc3c2OCO3)CC1. The van der Waals surface area contributed by atoms with Gasteiger partial charge >= 0.3 is 0 Å². The topological polar surface area (TPSA) is 54.0 Å². The van der Waals surface area contributed by atoms with E-state index in [2.05, 4.69) is 17.3 Å². The molecule has 6 nitrogen and oxygen atoms in total. The van der Waals surface area contributed by atoms with Crippen molar-refractivity contribution < 1.29 is 14.3 Å². The highest BCUT2D eigenvalue weighted by Crippen LogP contribution is 2.35. The van der Waals surface area contributed by atoms with Crippen LogP contribution in [0.2, 0.25) is 0 Å². The van der Waals surface area contributed by atoms with Crippen LogP contribution in [0, 0.1) is 0 Å². The lowest BCUT2D eigenvalue weighted by atomic mass is 10.2. The molecule has 0 aliphatic carbocycles. The Hall–Kier alpha value is -1.79. The van der Waals surface area contributed by atoms with E-state index in [0.29, 0.717) is 13.1 Å². The minimum Gasteiger partial charge on any atom is -0.454 e. The summed E-state index contributed by atoms with van der Waals surface area (Å²) < 4.78 is 10.8. The number of carbonyl (C=O) groups excluding carboxylic acids is 1. The van der Waals surface area contributed by atoms with Gasteiger partial charge in [0.05, 0.1) is 6.54 Å². The molecule has 114 valence electrons. The molecule has 1 amide bonds. The van der Waals surface area contributed by atoms with E-state index in [1.807, 2.05) is 23.1 Å². The van der Waals surface area contributed by atoms with Crippen LogP contribution in [0.25, 0.3) is 0 Å². The average molecular weight is 291 g/mol. The van der Waals surface area contributed by atoms with Gasteiger partial charge in [0.15, 0.2) is 11.5 Å². The van der Waals surface area contributed by atoms with Crippen molar-refractivity contribution in [3.8, 4) is 11.5 Å². The van der Waals surface area contributed by atoms with Crippen LogP contribution in [0.15, 0.2) is 18.2 Å². The maximum absolute atomic E-state index is 12.1. The Labute approximate surface area is 124 Å². The molecule has 21 heavy (non-hydrogen) atoms. The molecular formula is C15H21N3O3. The third-order valence-electron chi connectivity index (χ3n) is 3.93. The third kappa shape index (κ3) is 3.28. The van der Waals surface area contributed by atoms with E-state index in [1.165, 1.54) is 0 Å². The number of amides is 1. The molecule has 1 fully saturated rings. The Morgan fingerprint density at radius 1 is 1.24 bits per heavy atom. The van der Waals surface area contributed by atoms with Gasteiger partial charge in [0.2, 0.25) is 12.7 Å². The summed E-state index contributed by atoms with van der Waals surface area (Å²) >= 11 is 0. The lowest BCUT2D eigenvalue weighted by Gasteiger charge is -2.32. The van der Waals surface area contributed by atoms with Gasteiger partial charge in [0.1, 0.15) is 0 Å². The van der Waals surface area contributed by atoms with Gasteiger partial charge in [-0.1, -0.05) is 12.1 Å². The van der Waals surface area contributed by atoms with E-state index in [4.69, 9.17) is 9.47 Å². The number of carbonyl (C=O) groups is 1. The molecular weight excluding hydrogens is 270 g/mol. The van der Waals surface area contributed by atoms with Crippen LogP contribution < -0.4 is 14.8 Å². The number of fused-ring (bicyclic) bond motifs is 1. The van der Waals surface area contributed by atoms with Crippen LogP contribution >= 0.6 is 0 Å². The van der Waals surface area contributed by atoms with Crippen molar-refractivity contribution >= 4 is 5.91 Å². The summed E-state index contributed by atoms with van der Waals surface area (Å²) in [6.07, 6.45) is 0. The number of ether oxygens (including phenoxy) is 2. The molecule has 0 radical (unpaired) electrons. The molecule has 2 aliphatic heterocycles. The predicted octanol–water partition coefficient (Wildman–Crippen LogP) is 0.279. The zero-order valence-electron chi connectivity index (χ0n) is 12.3.